The Bertz CT molecular complexity index is 716. The normalized spacial score (nSPS) is 15.9. The van der Waals surface area contributed by atoms with Gasteiger partial charge in [0.2, 0.25) is 5.91 Å². The van der Waals surface area contributed by atoms with Gasteiger partial charge in [0.15, 0.2) is 11.6 Å². The Morgan fingerprint density at radius 2 is 1.75 bits per heavy atom. The van der Waals surface area contributed by atoms with Gasteiger partial charge in [-0.1, -0.05) is 0 Å². The van der Waals surface area contributed by atoms with E-state index in [9.17, 15) is 22.8 Å². The van der Waals surface area contributed by atoms with Gasteiger partial charge < -0.3 is 19.7 Å². The number of halogens is 3. The molecule has 1 unspecified atom stereocenters. The topological polar surface area (TPSA) is 67.9 Å². The second-order valence-corrected chi connectivity index (χ2v) is 7.60. The molecule has 1 aliphatic rings. The molecule has 0 radical (unpaired) electrons. The van der Waals surface area contributed by atoms with Crippen molar-refractivity contribution in [2.24, 2.45) is 0 Å². The summed E-state index contributed by atoms with van der Waals surface area (Å²) in [6.07, 6.45) is -1.12. The summed E-state index contributed by atoms with van der Waals surface area (Å²) in [6, 6.07) is 0.316. The first-order chi connectivity index (χ1) is 13.0. The zero-order valence-corrected chi connectivity index (χ0v) is 16.2. The summed E-state index contributed by atoms with van der Waals surface area (Å²) in [5, 5.41) is 2.53. The van der Waals surface area contributed by atoms with Gasteiger partial charge in [-0.25, -0.2) is 18.0 Å². The molecule has 1 heterocycles. The lowest BCUT2D eigenvalue weighted by molar-refractivity contribution is -0.135. The third kappa shape index (κ3) is 6.70. The molecule has 2 amide bonds. The van der Waals surface area contributed by atoms with Crippen LogP contribution < -0.4 is 5.32 Å². The summed E-state index contributed by atoms with van der Waals surface area (Å²) < 4.78 is 51.1. The van der Waals surface area contributed by atoms with E-state index in [1.807, 2.05) is 0 Å². The van der Waals surface area contributed by atoms with Crippen LogP contribution in [0.2, 0.25) is 0 Å². The van der Waals surface area contributed by atoms with Crippen LogP contribution in [0.4, 0.5) is 18.0 Å². The third-order valence-corrected chi connectivity index (χ3v) is 4.06. The Balaban J connectivity index is 2.14. The Kier molecular flexibility index (Phi) is 7.29. The molecule has 0 aliphatic carbocycles. The third-order valence-electron chi connectivity index (χ3n) is 4.06. The second-order valence-electron chi connectivity index (χ2n) is 7.60. The quantitative estimate of drug-likeness (QED) is 0.769. The number of benzene rings is 1. The smallest absolute Gasteiger partial charge is 0.407 e. The lowest BCUT2D eigenvalue weighted by atomic mass is 10.0. The molecule has 156 valence electrons. The van der Waals surface area contributed by atoms with E-state index in [1.165, 1.54) is 0 Å². The Morgan fingerprint density at radius 3 is 2.36 bits per heavy atom. The number of carbonyl (C=O) groups excluding carboxylic acids is 2. The van der Waals surface area contributed by atoms with Crippen molar-refractivity contribution in [1.29, 1.82) is 0 Å². The van der Waals surface area contributed by atoms with Crippen molar-refractivity contribution < 1.29 is 32.2 Å². The molecule has 1 aromatic rings. The standard InChI is InChI=1S/C19H25F3N2O4/c1-19(2,3)28-18(26)23-13(10-17(25)24-4-6-27-7-5-24)8-12-9-15(21)16(22)11-14(12)20/h9,11,13H,4-8,10H2,1-3H3,(H,23,26). The molecule has 9 heteroatoms. The first kappa shape index (κ1) is 22.0. The molecular weight excluding hydrogens is 377 g/mol. The number of amides is 2. The van der Waals surface area contributed by atoms with Crippen LogP contribution in [-0.4, -0.2) is 54.8 Å². The predicted octanol–water partition coefficient (Wildman–Crippen LogP) is 2.79. The van der Waals surface area contributed by atoms with Crippen LogP contribution in [-0.2, 0) is 20.7 Å². The van der Waals surface area contributed by atoms with Crippen LogP contribution in [0.1, 0.15) is 32.8 Å². The fraction of sp³-hybridized carbons (Fsp3) is 0.579. The minimum Gasteiger partial charge on any atom is -0.444 e. The van der Waals surface area contributed by atoms with Crippen molar-refractivity contribution in [2.75, 3.05) is 26.3 Å². The molecule has 0 aromatic heterocycles. The van der Waals surface area contributed by atoms with Gasteiger partial charge in [0.05, 0.1) is 13.2 Å². The molecule has 2 rings (SSSR count). The van der Waals surface area contributed by atoms with Gasteiger partial charge in [-0.05, 0) is 38.8 Å². The van der Waals surface area contributed by atoms with Gasteiger partial charge >= 0.3 is 6.09 Å². The predicted molar refractivity (Wildman–Crippen MR) is 95.2 cm³/mol. The molecule has 6 nitrogen and oxygen atoms in total. The highest BCUT2D eigenvalue weighted by atomic mass is 19.2. The molecular formula is C19H25F3N2O4. The number of morpholine rings is 1. The first-order valence-electron chi connectivity index (χ1n) is 9.03. The average Bonchev–Trinajstić information content (AvgIpc) is 2.58. The van der Waals surface area contributed by atoms with Crippen molar-refractivity contribution in [3.63, 3.8) is 0 Å². The molecule has 0 saturated carbocycles. The largest absolute Gasteiger partial charge is 0.444 e. The van der Waals surface area contributed by atoms with E-state index in [2.05, 4.69) is 5.32 Å². The zero-order chi connectivity index (χ0) is 20.9. The van der Waals surface area contributed by atoms with Crippen LogP contribution in [0.15, 0.2) is 12.1 Å². The summed E-state index contributed by atoms with van der Waals surface area (Å²) in [5.74, 6) is -3.71. The highest BCUT2D eigenvalue weighted by Gasteiger charge is 2.26. The molecule has 1 N–H and O–H groups in total. The zero-order valence-electron chi connectivity index (χ0n) is 16.2. The summed E-state index contributed by atoms with van der Waals surface area (Å²) in [5.41, 5.74) is -0.912. The summed E-state index contributed by atoms with van der Waals surface area (Å²) >= 11 is 0. The van der Waals surface area contributed by atoms with Gasteiger partial charge in [0, 0.05) is 31.6 Å². The van der Waals surface area contributed by atoms with Crippen molar-refractivity contribution >= 4 is 12.0 Å². The summed E-state index contributed by atoms with van der Waals surface area (Å²) in [4.78, 5) is 26.2. The number of ether oxygens (including phenoxy) is 2. The maximum atomic E-state index is 14.0. The first-order valence-corrected chi connectivity index (χ1v) is 9.03. The van der Waals surface area contributed by atoms with Gasteiger partial charge in [0.1, 0.15) is 11.4 Å². The lowest BCUT2D eigenvalue weighted by Crippen LogP contribution is -2.46. The van der Waals surface area contributed by atoms with Crippen LogP contribution in [0.5, 0.6) is 0 Å². The Hall–Kier alpha value is -2.29. The van der Waals surface area contributed by atoms with Gasteiger partial charge in [0.25, 0.3) is 0 Å². The fourth-order valence-electron chi connectivity index (χ4n) is 2.79. The molecule has 28 heavy (non-hydrogen) atoms. The van der Waals surface area contributed by atoms with E-state index >= 15 is 0 Å². The van der Waals surface area contributed by atoms with Crippen LogP contribution in [0, 0.1) is 17.5 Å². The van der Waals surface area contributed by atoms with E-state index in [0.29, 0.717) is 32.4 Å². The van der Waals surface area contributed by atoms with E-state index in [4.69, 9.17) is 9.47 Å². The van der Waals surface area contributed by atoms with Crippen LogP contribution in [0.25, 0.3) is 0 Å². The Labute approximate surface area is 162 Å². The molecule has 1 aromatic carbocycles. The lowest BCUT2D eigenvalue weighted by Gasteiger charge is -2.29. The number of nitrogens with one attached hydrogen (secondary N) is 1. The van der Waals surface area contributed by atoms with Crippen LogP contribution in [0.3, 0.4) is 0 Å². The van der Waals surface area contributed by atoms with Crippen molar-refractivity contribution in [2.45, 2.75) is 45.3 Å². The van der Waals surface area contributed by atoms with E-state index in [1.54, 1.807) is 25.7 Å². The van der Waals surface area contributed by atoms with Gasteiger partial charge in [-0.3, -0.25) is 4.79 Å². The number of hydrogen-bond donors (Lipinski definition) is 1. The molecule has 1 fully saturated rings. The highest BCUT2D eigenvalue weighted by Crippen LogP contribution is 2.17. The summed E-state index contributed by atoms with van der Waals surface area (Å²) in [7, 11) is 0. The van der Waals surface area contributed by atoms with Gasteiger partial charge in [-0.15, -0.1) is 0 Å². The highest BCUT2D eigenvalue weighted by molar-refractivity contribution is 5.78. The maximum absolute atomic E-state index is 14.0. The Morgan fingerprint density at radius 1 is 1.14 bits per heavy atom. The van der Waals surface area contributed by atoms with Crippen molar-refractivity contribution in [1.82, 2.24) is 10.2 Å². The average molecular weight is 402 g/mol. The van der Waals surface area contributed by atoms with Crippen molar-refractivity contribution in [3.8, 4) is 0 Å². The van der Waals surface area contributed by atoms with E-state index < -0.39 is 35.2 Å². The molecule has 1 atom stereocenters. The van der Waals surface area contributed by atoms with Crippen molar-refractivity contribution in [3.05, 3.63) is 35.1 Å². The molecule has 1 aliphatic heterocycles. The fourth-order valence-corrected chi connectivity index (χ4v) is 2.79. The number of rotatable bonds is 5. The number of carbonyl (C=O) groups is 2. The van der Waals surface area contributed by atoms with Gasteiger partial charge in [-0.2, -0.15) is 0 Å². The molecule has 1 saturated heterocycles. The SMILES string of the molecule is CC(C)(C)OC(=O)NC(CC(=O)N1CCOCC1)Cc1cc(F)c(F)cc1F. The number of nitrogens with zero attached hydrogens (tertiary/aromatic N) is 1. The minimum absolute atomic E-state index is 0.141. The number of alkyl carbamates (subject to hydrolysis) is 1. The molecule has 0 bridgehead atoms. The summed E-state index contributed by atoms with van der Waals surface area (Å²) in [6.45, 7) is 6.68. The van der Waals surface area contributed by atoms with E-state index in [-0.39, 0.29) is 24.3 Å². The van der Waals surface area contributed by atoms with E-state index in [0.717, 1.165) is 6.07 Å². The minimum atomic E-state index is -1.30. The number of hydrogen-bond acceptors (Lipinski definition) is 4. The van der Waals surface area contributed by atoms with Crippen LogP contribution >= 0.6 is 0 Å². The maximum Gasteiger partial charge on any atom is 0.407 e. The second kappa shape index (κ2) is 9.27. The monoisotopic (exact) mass is 402 g/mol. The molecule has 0 spiro atoms.